The number of benzene rings is 1. The average Bonchev–Trinajstić information content (AvgIpc) is 2.89. The van der Waals surface area contributed by atoms with Gasteiger partial charge >= 0.3 is 0 Å². The van der Waals surface area contributed by atoms with Gasteiger partial charge in [-0.25, -0.2) is 0 Å². The summed E-state index contributed by atoms with van der Waals surface area (Å²) < 4.78 is 7.00. The molecule has 1 aromatic carbocycles. The molecule has 0 spiro atoms. The lowest BCUT2D eigenvalue weighted by atomic mass is 9.99. The molecule has 3 heteroatoms. The zero-order chi connectivity index (χ0) is 12.8. The van der Waals surface area contributed by atoms with Crippen molar-refractivity contribution in [1.29, 1.82) is 0 Å². The summed E-state index contributed by atoms with van der Waals surface area (Å²) in [7, 11) is 0. The van der Waals surface area contributed by atoms with Crippen LogP contribution in [-0.4, -0.2) is 19.3 Å². The maximum absolute atomic E-state index is 5.71. The number of hydrogen-bond acceptors (Lipinski definition) is 2. The SMILES string of the molecule is CCNC(CCC1CCCO1)c1ccc(I)cc1. The van der Waals surface area contributed by atoms with Crippen LogP contribution in [0.15, 0.2) is 24.3 Å². The molecule has 1 saturated heterocycles. The summed E-state index contributed by atoms with van der Waals surface area (Å²) in [6.07, 6.45) is 5.31. The molecule has 100 valence electrons. The Morgan fingerprint density at radius 1 is 1.39 bits per heavy atom. The number of nitrogens with one attached hydrogen (secondary N) is 1. The molecule has 0 bridgehead atoms. The molecule has 0 radical (unpaired) electrons. The molecule has 1 aliphatic rings. The second-order valence-electron chi connectivity index (χ2n) is 4.87. The summed E-state index contributed by atoms with van der Waals surface area (Å²) in [6.45, 7) is 4.15. The Labute approximate surface area is 124 Å². The van der Waals surface area contributed by atoms with Gasteiger partial charge in [-0.2, -0.15) is 0 Å². The van der Waals surface area contributed by atoms with Gasteiger partial charge in [-0.15, -0.1) is 0 Å². The van der Waals surface area contributed by atoms with Crippen molar-refractivity contribution in [2.45, 2.75) is 44.8 Å². The van der Waals surface area contributed by atoms with E-state index in [1.54, 1.807) is 0 Å². The molecule has 2 nitrogen and oxygen atoms in total. The van der Waals surface area contributed by atoms with E-state index in [-0.39, 0.29) is 0 Å². The number of halogens is 1. The van der Waals surface area contributed by atoms with Crippen LogP contribution in [0.5, 0.6) is 0 Å². The molecule has 2 unspecified atom stereocenters. The van der Waals surface area contributed by atoms with Crippen molar-refractivity contribution in [3.05, 3.63) is 33.4 Å². The Kier molecular flexibility index (Phi) is 5.92. The van der Waals surface area contributed by atoms with E-state index < -0.39 is 0 Å². The molecule has 18 heavy (non-hydrogen) atoms. The van der Waals surface area contributed by atoms with Crippen LogP contribution in [-0.2, 0) is 4.74 Å². The van der Waals surface area contributed by atoms with E-state index in [4.69, 9.17) is 4.74 Å². The lowest BCUT2D eigenvalue weighted by Crippen LogP contribution is -2.22. The fraction of sp³-hybridized carbons (Fsp3) is 0.600. The first kappa shape index (κ1) is 14.3. The van der Waals surface area contributed by atoms with Gasteiger partial charge in [0, 0.05) is 16.2 Å². The van der Waals surface area contributed by atoms with Crippen LogP contribution >= 0.6 is 22.6 Å². The lowest BCUT2D eigenvalue weighted by molar-refractivity contribution is 0.0996. The first-order chi connectivity index (χ1) is 8.79. The smallest absolute Gasteiger partial charge is 0.0576 e. The highest BCUT2D eigenvalue weighted by Crippen LogP contribution is 2.24. The van der Waals surface area contributed by atoms with Gasteiger partial charge in [-0.05, 0) is 72.5 Å². The third kappa shape index (κ3) is 4.21. The highest BCUT2D eigenvalue weighted by atomic mass is 127. The largest absolute Gasteiger partial charge is 0.378 e. The second-order valence-corrected chi connectivity index (χ2v) is 6.12. The third-order valence-corrected chi connectivity index (χ3v) is 4.24. The van der Waals surface area contributed by atoms with Crippen molar-refractivity contribution in [2.24, 2.45) is 0 Å². The summed E-state index contributed by atoms with van der Waals surface area (Å²) in [5, 5.41) is 3.58. The standard InChI is InChI=1S/C15H22INO/c1-2-17-15(10-9-14-4-3-11-18-14)12-5-7-13(16)8-6-12/h5-8,14-15,17H,2-4,9-11H2,1H3. The van der Waals surface area contributed by atoms with Crippen molar-refractivity contribution in [3.63, 3.8) is 0 Å². The Balaban J connectivity index is 1.91. The van der Waals surface area contributed by atoms with Gasteiger partial charge in [-0.1, -0.05) is 19.1 Å². The first-order valence-electron chi connectivity index (χ1n) is 6.90. The molecule has 1 N–H and O–H groups in total. The molecule has 1 heterocycles. The van der Waals surface area contributed by atoms with E-state index in [0.29, 0.717) is 12.1 Å². The van der Waals surface area contributed by atoms with Crippen LogP contribution in [0.2, 0.25) is 0 Å². The van der Waals surface area contributed by atoms with E-state index in [1.807, 2.05) is 0 Å². The van der Waals surface area contributed by atoms with Crippen LogP contribution in [0.25, 0.3) is 0 Å². The second kappa shape index (κ2) is 7.46. The van der Waals surface area contributed by atoms with Gasteiger partial charge < -0.3 is 10.1 Å². The molecule has 2 rings (SSSR count). The maximum atomic E-state index is 5.71. The maximum Gasteiger partial charge on any atom is 0.0576 e. The van der Waals surface area contributed by atoms with Gasteiger partial charge in [0.2, 0.25) is 0 Å². The van der Waals surface area contributed by atoms with Gasteiger partial charge in [-0.3, -0.25) is 0 Å². The van der Waals surface area contributed by atoms with E-state index in [1.165, 1.54) is 34.8 Å². The normalized spacial score (nSPS) is 21.1. The number of rotatable bonds is 6. The van der Waals surface area contributed by atoms with E-state index in [0.717, 1.165) is 13.2 Å². The predicted octanol–water partition coefficient (Wildman–Crippen LogP) is 3.90. The molecular formula is C15H22INO. The minimum absolute atomic E-state index is 0.469. The minimum Gasteiger partial charge on any atom is -0.378 e. The molecule has 0 amide bonds. The zero-order valence-corrected chi connectivity index (χ0v) is 13.2. The molecule has 0 saturated carbocycles. The minimum atomic E-state index is 0.469. The Morgan fingerprint density at radius 3 is 2.78 bits per heavy atom. The topological polar surface area (TPSA) is 21.3 Å². The Morgan fingerprint density at radius 2 is 2.17 bits per heavy atom. The van der Waals surface area contributed by atoms with Crippen molar-refractivity contribution in [2.75, 3.05) is 13.2 Å². The summed E-state index contributed by atoms with van der Waals surface area (Å²) in [5.41, 5.74) is 1.40. The van der Waals surface area contributed by atoms with E-state index >= 15 is 0 Å². The molecule has 2 atom stereocenters. The van der Waals surface area contributed by atoms with Crippen molar-refractivity contribution in [1.82, 2.24) is 5.32 Å². The van der Waals surface area contributed by atoms with Crippen molar-refractivity contribution < 1.29 is 4.74 Å². The predicted molar refractivity (Wildman–Crippen MR) is 83.8 cm³/mol. The van der Waals surface area contributed by atoms with Crippen LogP contribution in [0.4, 0.5) is 0 Å². The van der Waals surface area contributed by atoms with Crippen LogP contribution < -0.4 is 5.32 Å². The fourth-order valence-electron chi connectivity index (χ4n) is 2.55. The molecular weight excluding hydrogens is 337 g/mol. The van der Waals surface area contributed by atoms with Gasteiger partial charge in [0.15, 0.2) is 0 Å². The molecule has 0 aliphatic carbocycles. The van der Waals surface area contributed by atoms with Crippen LogP contribution in [0, 0.1) is 3.57 Å². The quantitative estimate of drug-likeness (QED) is 0.778. The van der Waals surface area contributed by atoms with E-state index in [2.05, 4.69) is 59.1 Å². The van der Waals surface area contributed by atoms with Gasteiger partial charge in [0.1, 0.15) is 0 Å². The Bertz CT molecular complexity index is 346. The van der Waals surface area contributed by atoms with Crippen LogP contribution in [0.1, 0.15) is 44.2 Å². The van der Waals surface area contributed by atoms with Gasteiger partial charge in [0.05, 0.1) is 6.10 Å². The zero-order valence-electron chi connectivity index (χ0n) is 11.0. The summed E-state index contributed by atoms with van der Waals surface area (Å²) in [6, 6.07) is 9.32. The molecule has 1 aromatic rings. The molecule has 1 aliphatic heterocycles. The summed E-state index contributed by atoms with van der Waals surface area (Å²) in [5.74, 6) is 0. The average molecular weight is 359 g/mol. The van der Waals surface area contributed by atoms with Crippen molar-refractivity contribution >= 4 is 22.6 Å². The highest BCUT2D eigenvalue weighted by Gasteiger charge is 2.18. The van der Waals surface area contributed by atoms with E-state index in [9.17, 15) is 0 Å². The van der Waals surface area contributed by atoms with Gasteiger partial charge in [0.25, 0.3) is 0 Å². The highest BCUT2D eigenvalue weighted by molar-refractivity contribution is 14.1. The molecule has 0 aromatic heterocycles. The lowest BCUT2D eigenvalue weighted by Gasteiger charge is -2.20. The number of ether oxygens (including phenoxy) is 1. The van der Waals surface area contributed by atoms with Crippen molar-refractivity contribution in [3.8, 4) is 0 Å². The monoisotopic (exact) mass is 359 g/mol. The summed E-state index contributed by atoms with van der Waals surface area (Å²) >= 11 is 2.35. The Hall–Kier alpha value is -0.130. The third-order valence-electron chi connectivity index (χ3n) is 3.52. The first-order valence-corrected chi connectivity index (χ1v) is 7.98. The number of hydrogen-bond donors (Lipinski definition) is 1. The summed E-state index contributed by atoms with van der Waals surface area (Å²) in [4.78, 5) is 0. The molecule has 1 fully saturated rings. The van der Waals surface area contributed by atoms with Crippen LogP contribution in [0.3, 0.4) is 0 Å². The fourth-order valence-corrected chi connectivity index (χ4v) is 2.91.